The van der Waals surface area contributed by atoms with Gasteiger partial charge in [0.1, 0.15) is 0 Å². The van der Waals surface area contributed by atoms with E-state index < -0.39 is 9.52 Å². The summed E-state index contributed by atoms with van der Waals surface area (Å²) in [4.78, 5) is 0. The van der Waals surface area contributed by atoms with Gasteiger partial charge in [-0.25, -0.2) is 0 Å². The van der Waals surface area contributed by atoms with Crippen molar-refractivity contribution in [2.24, 2.45) is 5.92 Å². The summed E-state index contributed by atoms with van der Waals surface area (Å²) in [7, 11) is -1.61. The third kappa shape index (κ3) is 1.71. The van der Waals surface area contributed by atoms with Crippen LogP contribution in [0.15, 0.2) is 0 Å². The molecule has 0 aromatic carbocycles. The summed E-state index contributed by atoms with van der Waals surface area (Å²) in [5.74, 6) is 6.14. The smallest absolute Gasteiger partial charge is 0.0187 e. The van der Waals surface area contributed by atoms with Crippen LogP contribution in [0.2, 0.25) is 0 Å². The van der Waals surface area contributed by atoms with Crippen LogP contribution in [-0.2, 0) is 9.52 Å². The van der Waals surface area contributed by atoms with Crippen molar-refractivity contribution in [2.45, 2.75) is 19.8 Å². The second kappa shape index (κ2) is 2.33. The highest BCUT2D eigenvalue weighted by atomic mass is 32.2. The van der Waals surface area contributed by atoms with Gasteiger partial charge in [0, 0.05) is 11.5 Å². The van der Waals surface area contributed by atoms with Gasteiger partial charge in [0.2, 0.25) is 0 Å². The lowest BCUT2D eigenvalue weighted by molar-refractivity contribution is 0.577. The number of hydrogen-bond donors (Lipinski definition) is 0. The molecule has 9 heavy (non-hydrogen) atoms. The molecule has 1 rings (SSSR count). The van der Waals surface area contributed by atoms with Crippen molar-refractivity contribution in [3.8, 4) is 0 Å². The molecule has 1 fully saturated rings. The molecule has 0 spiro atoms. The highest BCUT2D eigenvalue weighted by molar-refractivity contribution is 8.00. The van der Waals surface area contributed by atoms with Gasteiger partial charge >= 0.3 is 0 Å². The van der Waals surface area contributed by atoms with E-state index in [1.54, 1.807) is 0 Å². The lowest BCUT2D eigenvalue weighted by Gasteiger charge is -2.00. The molecule has 54 valence electrons. The summed E-state index contributed by atoms with van der Waals surface area (Å²) in [5, 5.41) is 0. The molecule has 0 radical (unpaired) electrons. The van der Waals surface area contributed by atoms with Crippen LogP contribution in [0.25, 0.3) is 0 Å². The molecule has 0 saturated carbocycles. The van der Waals surface area contributed by atoms with Crippen LogP contribution in [0.1, 0.15) is 19.8 Å². The Hall–Kier alpha value is 0.0200. The molecule has 0 aliphatic carbocycles. The van der Waals surface area contributed by atoms with Crippen molar-refractivity contribution in [3.63, 3.8) is 0 Å². The second-order valence-electron chi connectivity index (χ2n) is 2.90. The van der Waals surface area contributed by atoms with Crippen LogP contribution in [0.3, 0.4) is 0 Å². The topological polar surface area (TPSA) is 17.1 Å². The van der Waals surface area contributed by atoms with E-state index in [4.69, 9.17) is 0 Å². The maximum atomic E-state index is 11.2. The van der Waals surface area contributed by atoms with Gasteiger partial charge in [-0.3, -0.25) is 4.21 Å². The van der Waals surface area contributed by atoms with Crippen LogP contribution in [-0.4, -0.2) is 21.6 Å². The van der Waals surface area contributed by atoms with Gasteiger partial charge in [-0.2, -0.15) is 0 Å². The Morgan fingerprint density at radius 1 is 1.78 bits per heavy atom. The minimum absolute atomic E-state index is 0.704. The van der Waals surface area contributed by atoms with Crippen LogP contribution in [0.4, 0.5) is 0 Å². The first-order valence-corrected chi connectivity index (χ1v) is 5.53. The first-order chi connectivity index (χ1) is 4.14. The van der Waals surface area contributed by atoms with Crippen molar-refractivity contribution >= 4 is 15.4 Å². The van der Waals surface area contributed by atoms with E-state index in [0.29, 0.717) is 5.92 Å². The average molecular weight is 146 g/mol. The van der Waals surface area contributed by atoms with Gasteiger partial charge in [-0.1, -0.05) is 13.3 Å². The second-order valence-corrected chi connectivity index (χ2v) is 5.57. The minimum atomic E-state index is -1.61. The monoisotopic (exact) mass is 146 g/mol. The van der Waals surface area contributed by atoms with Crippen molar-refractivity contribution in [1.29, 1.82) is 0 Å². The first kappa shape index (κ1) is 7.13. The molecule has 0 aromatic rings. The van der Waals surface area contributed by atoms with Crippen LogP contribution in [0.5, 0.6) is 0 Å². The Morgan fingerprint density at radius 3 is 2.67 bits per heavy atom. The summed E-state index contributed by atoms with van der Waals surface area (Å²) >= 11 is 0. The predicted octanol–water partition coefficient (Wildman–Crippen LogP) is 1.13. The minimum Gasteiger partial charge on any atom is -0.268 e. The van der Waals surface area contributed by atoms with E-state index in [0.717, 1.165) is 17.9 Å². The average Bonchev–Trinajstić information content (AvgIpc) is 2.10. The van der Waals surface area contributed by atoms with E-state index in [-0.39, 0.29) is 0 Å². The van der Waals surface area contributed by atoms with E-state index in [9.17, 15) is 4.21 Å². The Labute approximate surface area is 57.5 Å². The Bertz CT molecular complexity index is 179. The molecule has 0 bridgehead atoms. The lowest BCUT2D eigenvalue weighted by atomic mass is 10.1. The molecule has 1 aliphatic heterocycles. The van der Waals surface area contributed by atoms with Crippen molar-refractivity contribution in [2.75, 3.05) is 11.5 Å². The van der Waals surface area contributed by atoms with Gasteiger partial charge < -0.3 is 0 Å². The SMILES string of the molecule is C=S1(=O)CCC(CC)C1. The normalized spacial score (nSPS) is 43.4. The fourth-order valence-corrected chi connectivity index (χ4v) is 3.49. The molecule has 1 saturated heterocycles. The fourth-order valence-electron chi connectivity index (χ4n) is 1.30. The molecule has 1 heterocycles. The van der Waals surface area contributed by atoms with Gasteiger partial charge in [0.15, 0.2) is 0 Å². The zero-order valence-corrected chi connectivity index (χ0v) is 6.75. The number of rotatable bonds is 1. The molecule has 0 N–H and O–H groups in total. The summed E-state index contributed by atoms with van der Waals surface area (Å²) in [6, 6.07) is 0. The van der Waals surface area contributed by atoms with Crippen LogP contribution < -0.4 is 0 Å². The third-order valence-corrected chi connectivity index (χ3v) is 4.07. The van der Waals surface area contributed by atoms with E-state index >= 15 is 0 Å². The fraction of sp³-hybridized carbons (Fsp3) is 0.857. The van der Waals surface area contributed by atoms with Gasteiger partial charge in [0.25, 0.3) is 0 Å². The standard InChI is InChI=1S/C7H14OS/c1-3-7-4-5-9(2,8)6-7/h7H,2-6H2,1H3. The van der Waals surface area contributed by atoms with Crippen molar-refractivity contribution < 1.29 is 4.21 Å². The molecule has 2 atom stereocenters. The number of hydrogen-bond acceptors (Lipinski definition) is 1. The third-order valence-electron chi connectivity index (χ3n) is 2.01. The molecular formula is C7H14OS. The molecule has 1 nitrogen and oxygen atoms in total. The van der Waals surface area contributed by atoms with Crippen molar-refractivity contribution in [1.82, 2.24) is 0 Å². The van der Waals surface area contributed by atoms with Crippen molar-refractivity contribution in [3.05, 3.63) is 0 Å². The predicted molar refractivity (Wildman–Crippen MR) is 43.4 cm³/mol. The van der Waals surface area contributed by atoms with E-state index in [1.807, 2.05) is 0 Å². The molecule has 2 heteroatoms. The molecule has 1 aliphatic rings. The first-order valence-electron chi connectivity index (χ1n) is 3.46. The summed E-state index contributed by atoms with van der Waals surface area (Å²) < 4.78 is 11.2. The highest BCUT2D eigenvalue weighted by Gasteiger charge is 2.21. The molecular weight excluding hydrogens is 132 g/mol. The summed E-state index contributed by atoms with van der Waals surface area (Å²) in [6.07, 6.45) is 2.31. The maximum Gasteiger partial charge on any atom is 0.0187 e. The molecule has 0 amide bonds. The summed E-state index contributed by atoms with van der Waals surface area (Å²) in [6.45, 7) is 2.16. The summed E-state index contributed by atoms with van der Waals surface area (Å²) in [5.41, 5.74) is 0. The van der Waals surface area contributed by atoms with Crippen LogP contribution >= 0.6 is 0 Å². The molecule has 2 unspecified atom stereocenters. The lowest BCUT2D eigenvalue weighted by Crippen LogP contribution is -2.03. The quantitative estimate of drug-likeness (QED) is 0.507. The van der Waals surface area contributed by atoms with Gasteiger partial charge in [-0.05, 0) is 27.7 Å². The Kier molecular flexibility index (Phi) is 1.85. The Balaban J connectivity index is 2.58. The largest absolute Gasteiger partial charge is 0.268 e. The van der Waals surface area contributed by atoms with Gasteiger partial charge in [-0.15, -0.1) is 0 Å². The van der Waals surface area contributed by atoms with E-state index in [1.165, 1.54) is 6.42 Å². The zero-order valence-electron chi connectivity index (χ0n) is 5.93. The van der Waals surface area contributed by atoms with E-state index in [2.05, 4.69) is 12.8 Å². The Morgan fingerprint density at radius 2 is 2.44 bits per heavy atom. The zero-order chi connectivity index (χ0) is 6.91. The van der Waals surface area contributed by atoms with Crippen LogP contribution in [0, 0.1) is 5.92 Å². The highest BCUT2D eigenvalue weighted by Crippen LogP contribution is 2.20. The maximum absolute atomic E-state index is 11.2. The molecule has 0 aromatic heterocycles. The van der Waals surface area contributed by atoms with Gasteiger partial charge in [0.05, 0.1) is 0 Å².